The Hall–Kier alpha value is -2.44. The highest BCUT2D eigenvalue weighted by Crippen LogP contribution is 2.22. The Morgan fingerprint density at radius 3 is 2.68 bits per heavy atom. The van der Waals surface area contributed by atoms with Gasteiger partial charge in [-0.1, -0.05) is 66.4 Å². The van der Waals surface area contributed by atoms with E-state index in [-0.39, 0.29) is 5.78 Å². The number of hydrogen-bond acceptors (Lipinski definition) is 5. The molecule has 3 aromatic rings. The maximum Gasteiger partial charge on any atom is 0.209 e. The van der Waals surface area contributed by atoms with Gasteiger partial charge in [0, 0.05) is 11.3 Å². The Kier molecular flexibility index (Phi) is 5.63. The van der Waals surface area contributed by atoms with Gasteiger partial charge in [-0.2, -0.15) is 0 Å². The third-order valence-corrected chi connectivity index (χ3v) is 4.77. The molecule has 0 fully saturated rings. The number of rotatable bonds is 7. The van der Waals surface area contributed by atoms with Crippen molar-refractivity contribution in [2.24, 2.45) is 5.73 Å². The van der Waals surface area contributed by atoms with Crippen LogP contribution in [0.15, 0.2) is 59.8 Å². The van der Waals surface area contributed by atoms with Crippen LogP contribution >= 0.6 is 11.8 Å². The molecule has 2 aromatic carbocycles. The molecule has 0 spiro atoms. The molecular weight excluding hydrogens is 332 g/mol. The molecule has 5 nitrogen and oxygen atoms in total. The van der Waals surface area contributed by atoms with Crippen LogP contribution < -0.4 is 5.73 Å². The van der Waals surface area contributed by atoms with Crippen LogP contribution in [0.3, 0.4) is 0 Å². The van der Waals surface area contributed by atoms with Crippen LogP contribution in [0.1, 0.15) is 18.1 Å². The van der Waals surface area contributed by atoms with Crippen LogP contribution in [-0.4, -0.2) is 27.0 Å². The highest BCUT2D eigenvalue weighted by Gasteiger charge is 2.10. The van der Waals surface area contributed by atoms with Crippen molar-refractivity contribution in [3.63, 3.8) is 0 Å². The number of carbonyl (C=O) groups is 1. The number of ketones is 1. The van der Waals surface area contributed by atoms with Gasteiger partial charge in [0.2, 0.25) is 5.16 Å². The molecule has 128 valence electrons. The summed E-state index contributed by atoms with van der Waals surface area (Å²) in [4.78, 5) is 15.8. The number of H-pyrrole nitrogens is 1. The fourth-order valence-corrected chi connectivity index (χ4v) is 3.17. The number of benzene rings is 2. The van der Waals surface area contributed by atoms with Crippen LogP contribution in [0.4, 0.5) is 0 Å². The van der Waals surface area contributed by atoms with Crippen molar-refractivity contribution in [3.8, 4) is 11.4 Å². The Morgan fingerprint density at radius 1 is 1.16 bits per heavy atom. The number of nitrogens with two attached hydrogens (primary N) is 1. The van der Waals surface area contributed by atoms with Crippen LogP contribution in [-0.2, 0) is 17.0 Å². The van der Waals surface area contributed by atoms with Crippen molar-refractivity contribution < 1.29 is 4.79 Å². The van der Waals surface area contributed by atoms with Crippen molar-refractivity contribution in [2.75, 3.05) is 0 Å². The Labute approximate surface area is 151 Å². The molecular formula is C19H20N4OS. The lowest BCUT2D eigenvalue weighted by Crippen LogP contribution is -2.30. The Morgan fingerprint density at radius 2 is 1.92 bits per heavy atom. The molecule has 0 aliphatic rings. The van der Waals surface area contributed by atoms with Gasteiger partial charge in [0.05, 0.1) is 6.04 Å². The fraction of sp³-hybridized carbons (Fsp3) is 0.211. The number of aromatic nitrogens is 3. The number of aromatic amines is 1. The molecule has 3 rings (SSSR count). The summed E-state index contributed by atoms with van der Waals surface area (Å²) >= 11 is 1.57. The first-order valence-electron chi connectivity index (χ1n) is 8.06. The molecule has 0 saturated carbocycles. The van der Waals surface area contributed by atoms with Crippen LogP contribution in [0, 0.1) is 0 Å². The van der Waals surface area contributed by atoms with E-state index in [1.807, 2.05) is 42.5 Å². The average Bonchev–Trinajstić information content (AvgIpc) is 3.10. The molecule has 0 saturated heterocycles. The van der Waals surface area contributed by atoms with E-state index >= 15 is 0 Å². The second-order valence-electron chi connectivity index (χ2n) is 5.86. The first kappa shape index (κ1) is 17.4. The molecule has 0 aliphatic heterocycles. The quantitative estimate of drug-likeness (QED) is 0.638. The van der Waals surface area contributed by atoms with E-state index in [0.717, 1.165) is 28.3 Å². The molecule has 3 N–H and O–H groups in total. The summed E-state index contributed by atoms with van der Waals surface area (Å²) in [6.45, 7) is 1.53. The van der Waals surface area contributed by atoms with E-state index in [1.54, 1.807) is 11.8 Å². The van der Waals surface area contributed by atoms with Gasteiger partial charge in [0.25, 0.3) is 0 Å². The molecule has 25 heavy (non-hydrogen) atoms. The maximum absolute atomic E-state index is 11.3. The smallest absolute Gasteiger partial charge is 0.209 e. The molecule has 1 unspecified atom stereocenters. The minimum absolute atomic E-state index is 0.00828. The first-order chi connectivity index (χ1) is 12.1. The SMILES string of the molecule is CC(=O)C(N)Cc1cccc(CSc2n[nH]c(-c3ccccc3)n2)c1. The van der Waals surface area contributed by atoms with Gasteiger partial charge in [-0.25, -0.2) is 4.98 Å². The standard InChI is InChI=1S/C19H20N4OS/c1-13(24)17(20)11-14-6-5-7-15(10-14)12-25-19-21-18(22-23-19)16-8-3-2-4-9-16/h2-10,17H,11-12,20H2,1H3,(H,21,22,23). The van der Waals surface area contributed by atoms with Gasteiger partial charge in [-0.3, -0.25) is 9.89 Å². The molecule has 1 aromatic heterocycles. The molecule has 0 aliphatic carbocycles. The average molecular weight is 352 g/mol. The van der Waals surface area contributed by atoms with Crippen molar-refractivity contribution in [1.29, 1.82) is 0 Å². The Balaban J connectivity index is 1.62. The largest absolute Gasteiger partial charge is 0.321 e. The maximum atomic E-state index is 11.3. The lowest BCUT2D eigenvalue weighted by atomic mass is 10.0. The van der Waals surface area contributed by atoms with Crippen LogP contribution in [0.2, 0.25) is 0 Å². The van der Waals surface area contributed by atoms with Crippen molar-refractivity contribution in [3.05, 3.63) is 65.7 Å². The zero-order chi connectivity index (χ0) is 17.6. The monoisotopic (exact) mass is 352 g/mol. The van der Waals surface area contributed by atoms with E-state index < -0.39 is 6.04 Å². The summed E-state index contributed by atoms with van der Waals surface area (Å²) in [6.07, 6.45) is 0.562. The predicted octanol–water partition coefficient (Wildman–Crippen LogP) is 3.22. The number of nitrogens with zero attached hydrogens (tertiary/aromatic N) is 2. The van der Waals surface area contributed by atoms with Gasteiger partial charge >= 0.3 is 0 Å². The highest BCUT2D eigenvalue weighted by atomic mass is 32.2. The molecule has 0 bridgehead atoms. The number of carbonyl (C=O) groups excluding carboxylic acids is 1. The summed E-state index contributed by atoms with van der Waals surface area (Å²) in [5.41, 5.74) is 9.09. The van der Waals surface area contributed by atoms with E-state index in [4.69, 9.17) is 5.73 Å². The first-order valence-corrected chi connectivity index (χ1v) is 9.05. The second kappa shape index (κ2) is 8.09. The minimum atomic E-state index is -0.440. The zero-order valence-electron chi connectivity index (χ0n) is 14.0. The van der Waals surface area contributed by atoms with Gasteiger partial charge in [-0.15, -0.1) is 5.10 Å². The normalized spacial score (nSPS) is 12.1. The predicted molar refractivity (Wildman–Crippen MR) is 100 cm³/mol. The molecule has 1 atom stereocenters. The second-order valence-corrected chi connectivity index (χ2v) is 6.81. The lowest BCUT2D eigenvalue weighted by Gasteiger charge is -2.09. The van der Waals surface area contributed by atoms with Crippen molar-refractivity contribution in [2.45, 2.75) is 30.3 Å². The summed E-state index contributed by atoms with van der Waals surface area (Å²) in [7, 11) is 0. The van der Waals surface area contributed by atoms with Crippen molar-refractivity contribution >= 4 is 17.5 Å². The van der Waals surface area contributed by atoms with Crippen LogP contribution in [0.25, 0.3) is 11.4 Å². The van der Waals surface area contributed by atoms with E-state index in [1.165, 1.54) is 6.92 Å². The molecule has 1 heterocycles. The van der Waals surface area contributed by atoms with E-state index in [9.17, 15) is 4.79 Å². The number of Topliss-reactive ketones (excluding diaryl/α,β-unsaturated/α-hetero) is 1. The molecule has 0 amide bonds. The van der Waals surface area contributed by atoms with Crippen molar-refractivity contribution in [1.82, 2.24) is 15.2 Å². The number of thioether (sulfide) groups is 1. The Bertz CT molecular complexity index is 847. The van der Waals surface area contributed by atoms with E-state index in [0.29, 0.717) is 11.6 Å². The summed E-state index contributed by atoms with van der Waals surface area (Å²) < 4.78 is 0. The zero-order valence-corrected chi connectivity index (χ0v) is 14.8. The summed E-state index contributed by atoms with van der Waals surface area (Å²) in [5.74, 6) is 1.54. The van der Waals surface area contributed by atoms with Gasteiger partial charge in [0.15, 0.2) is 5.82 Å². The van der Waals surface area contributed by atoms with Gasteiger partial charge in [0.1, 0.15) is 5.78 Å². The van der Waals surface area contributed by atoms with E-state index in [2.05, 4.69) is 27.3 Å². The number of nitrogens with one attached hydrogen (secondary N) is 1. The van der Waals surface area contributed by atoms with Gasteiger partial charge in [-0.05, 0) is 24.5 Å². The summed E-state index contributed by atoms with van der Waals surface area (Å²) in [6, 6.07) is 17.6. The lowest BCUT2D eigenvalue weighted by molar-refractivity contribution is -0.118. The van der Waals surface area contributed by atoms with Crippen LogP contribution in [0.5, 0.6) is 0 Å². The third kappa shape index (κ3) is 4.78. The highest BCUT2D eigenvalue weighted by molar-refractivity contribution is 7.98. The minimum Gasteiger partial charge on any atom is -0.321 e. The topological polar surface area (TPSA) is 84.7 Å². The fourth-order valence-electron chi connectivity index (χ4n) is 2.43. The molecule has 0 radical (unpaired) electrons. The summed E-state index contributed by atoms with van der Waals surface area (Å²) in [5, 5.41) is 7.95. The van der Waals surface area contributed by atoms with Gasteiger partial charge < -0.3 is 5.73 Å². The molecule has 6 heteroatoms. The number of hydrogen-bond donors (Lipinski definition) is 2. The third-order valence-electron chi connectivity index (χ3n) is 3.85.